The lowest BCUT2D eigenvalue weighted by Gasteiger charge is -2.21. The number of fused-ring (bicyclic) bond motifs is 1. The van der Waals surface area contributed by atoms with Crippen molar-refractivity contribution in [2.75, 3.05) is 20.5 Å². The van der Waals surface area contributed by atoms with Gasteiger partial charge in [-0.1, -0.05) is 31.9 Å². The van der Waals surface area contributed by atoms with Crippen molar-refractivity contribution in [1.82, 2.24) is 5.32 Å². The van der Waals surface area contributed by atoms with Gasteiger partial charge < -0.3 is 24.3 Å². The van der Waals surface area contributed by atoms with Crippen LogP contribution in [-0.4, -0.2) is 44.4 Å². The number of amides is 1. The summed E-state index contributed by atoms with van der Waals surface area (Å²) in [7, 11) is 1.24. The number of rotatable bonds is 7. The summed E-state index contributed by atoms with van der Waals surface area (Å²) in [5, 5.41) is 2.72. The highest BCUT2D eigenvalue weighted by molar-refractivity contribution is 6.32. The molecule has 1 aliphatic rings. The molecule has 142 valence electrons. The summed E-state index contributed by atoms with van der Waals surface area (Å²) < 4.78 is 20.0. The summed E-state index contributed by atoms with van der Waals surface area (Å²) in [5.41, 5.74) is 0.124. The first-order valence-electron chi connectivity index (χ1n) is 8.00. The highest BCUT2D eigenvalue weighted by Crippen LogP contribution is 2.39. The van der Waals surface area contributed by atoms with Gasteiger partial charge in [0, 0.05) is 0 Å². The van der Waals surface area contributed by atoms with Crippen LogP contribution in [0.25, 0.3) is 0 Å². The Labute approximate surface area is 155 Å². The van der Waals surface area contributed by atoms with E-state index < -0.39 is 30.5 Å². The second kappa shape index (κ2) is 8.75. The van der Waals surface area contributed by atoms with Gasteiger partial charge in [0.25, 0.3) is 5.91 Å². The SMILES string of the molecule is CC[C@H](C)[C@H](NC(=O)COC(=O)c1cc(Cl)c2c(c1)OCO2)C(=O)OC. The first kappa shape index (κ1) is 19.8. The standard InChI is InChI=1S/C17H20ClNO7/c1-4-9(2)14(17(22)23-3)19-13(20)7-24-16(21)10-5-11(18)15-12(6-10)25-8-26-15/h5-6,9,14H,4,7-8H2,1-3H3,(H,19,20)/t9-,14-/m0/s1. The minimum atomic E-state index is -0.809. The Morgan fingerprint density at radius 1 is 1.31 bits per heavy atom. The molecule has 0 fully saturated rings. The number of hydrogen-bond acceptors (Lipinski definition) is 7. The first-order valence-corrected chi connectivity index (χ1v) is 8.38. The largest absolute Gasteiger partial charge is 0.467 e. The molecule has 0 unspecified atom stereocenters. The van der Waals surface area contributed by atoms with Crippen molar-refractivity contribution < 1.29 is 33.3 Å². The van der Waals surface area contributed by atoms with E-state index in [1.807, 2.05) is 13.8 Å². The molecule has 2 atom stereocenters. The van der Waals surface area contributed by atoms with Crippen molar-refractivity contribution in [2.24, 2.45) is 5.92 Å². The van der Waals surface area contributed by atoms with E-state index in [9.17, 15) is 14.4 Å². The van der Waals surface area contributed by atoms with Crippen molar-refractivity contribution >= 4 is 29.4 Å². The normalized spacial score (nSPS) is 14.3. The Bertz CT molecular complexity index is 707. The Balaban J connectivity index is 1.95. The molecule has 0 spiro atoms. The highest BCUT2D eigenvalue weighted by Gasteiger charge is 2.27. The fourth-order valence-corrected chi connectivity index (χ4v) is 2.58. The molecule has 0 radical (unpaired) electrons. The summed E-state index contributed by atoms with van der Waals surface area (Å²) in [6.07, 6.45) is 0.662. The smallest absolute Gasteiger partial charge is 0.338 e. The molecule has 0 bridgehead atoms. The van der Waals surface area contributed by atoms with Gasteiger partial charge >= 0.3 is 11.9 Å². The number of carbonyl (C=O) groups excluding carboxylic acids is 3. The predicted octanol–water partition coefficient (Wildman–Crippen LogP) is 1.93. The summed E-state index contributed by atoms with van der Waals surface area (Å²) in [5.74, 6) is -1.36. The molecular formula is C17H20ClNO7. The number of nitrogens with one attached hydrogen (secondary N) is 1. The third-order valence-electron chi connectivity index (χ3n) is 3.98. The number of methoxy groups -OCH3 is 1. The van der Waals surface area contributed by atoms with Gasteiger partial charge in [0.15, 0.2) is 18.1 Å². The molecule has 26 heavy (non-hydrogen) atoms. The third-order valence-corrected chi connectivity index (χ3v) is 4.26. The lowest BCUT2D eigenvalue weighted by atomic mass is 9.99. The molecule has 1 amide bonds. The number of carbonyl (C=O) groups is 3. The van der Waals surface area contributed by atoms with Crippen LogP contribution >= 0.6 is 11.6 Å². The molecular weight excluding hydrogens is 366 g/mol. The van der Waals surface area contributed by atoms with Gasteiger partial charge in [-0.15, -0.1) is 0 Å². The van der Waals surface area contributed by atoms with Crippen LogP contribution < -0.4 is 14.8 Å². The molecule has 1 aromatic rings. The monoisotopic (exact) mass is 385 g/mol. The Kier molecular flexibility index (Phi) is 6.68. The topological polar surface area (TPSA) is 100 Å². The average molecular weight is 386 g/mol. The van der Waals surface area contributed by atoms with Crippen molar-refractivity contribution in [1.29, 1.82) is 0 Å². The van der Waals surface area contributed by atoms with Crippen molar-refractivity contribution in [3.63, 3.8) is 0 Å². The van der Waals surface area contributed by atoms with Crippen molar-refractivity contribution in [2.45, 2.75) is 26.3 Å². The van der Waals surface area contributed by atoms with Gasteiger partial charge in [-0.05, 0) is 18.1 Å². The van der Waals surface area contributed by atoms with E-state index in [4.69, 9.17) is 25.8 Å². The van der Waals surface area contributed by atoms with Crippen LogP contribution in [0.5, 0.6) is 11.5 Å². The van der Waals surface area contributed by atoms with Crippen molar-refractivity contribution in [3.8, 4) is 11.5 Å². The Hall–Kier alpha value is -2.48. The molecule has 8 nitrogen and oxygen atoms in total. The summed E-state index contributed by atoms with van der Waals surface area (Å²) in [6, 6.07) is 1.98. The zero-order valence-electron chi connectivity index (χ0n) is 14.7. The number of esters is 2. The minimum absolute atomic E-state index is 0.0144. The first-order chi connectivity index (χ1) is 12.4. The maximum absolute atomic E-state index is 12.1. The zero-order chi connectivity index (χ0) is 19.3. The molecule has 1 aliphatic heterocycles. The average Bonchev–Trinajstić information content (AvgIpc) is 3.12. The third kappa shape index (κ3) is 4.57. The molecule has 9 heteroatoms. The maximum Gasteiger partial charge on any atom is 0.338 e. The fourth-order valence-electron chi connectivity index (χ4n) is 2.31. The van der Waals surface area contributed by atoms with E-state index in [1.165, 1.54) is 19.2 Å². The van der Waals surface area contributed by atoms with Gasteiger partial charge in [-0.3, -0.25) is 4.79 Å². The van der Waals surface area contributed by atoms with E-state index in [-0.39, 0.29) is 23.3 Å². The number of halogens is 1. The molecule has 1 heterocycles. The predicted molar refractivity (Wildman–Crippen MR) is 91.3 cm³/mol. The van der Waals surface area contributed by atoms with Crippen LogP contribution in [0, 0.1) is 5.92 Å². The van der Waals surface area contributed by atoms with Gasteiger partial charge in [0.2, 0.25) is 6.79 Å². The van der Waals surface area contributed by atoms with E-state index in [1.54, 1.807) is 0 Å². The highest BCUT2D eigenvalue weighted by atomic mass is 35.5. The van der Waals surface area contributed by atoms with Crippen LogP contribution in [0.2, 0.25) is 5.02 Å². The molecule has 0 aliphatic carbocycles. The lowest BCUT2D eigenvalue weighted by molar-refractivity contribution is -0.147. The molecule has 1 aromatic carbocycles. The number of benzene rings is 1. The summed E-state index contributed by atoms with van der Waals surface area (Å²) in [4.78, 5) is 35.9. The fraction of sp³-hybridized carbons (Fsp3) is 0.471. The zero-order valence-corrected chi connectivity index (χ0v) is 15.4. The molecule has 0 saturated heterocycles. The summed E-state index contributed by atoms with van der Waals surface area (Å²) >= 11 is 6.01. The van der Waals surface area contributed by atoms with Gasteiger partial charge in [-0.25, -0.2) is 9.59 Å². The van der Waals surface area contributed by atoms with Gasteiger partial charge in [0.05, 0.1) is 17.7 Å². The van der Waals surface area contributed by atoms with Gasteiger partial charge in [0.1, 0.15) is 6.04 Å². The van der Waals surface area contributed by atoms with Crippen LogP contribution in [0.3, 0.4) is 0 Å². The van der Waals surface area contributed by atoms with Crippen molar-refractivity contribution in [3.05, 3.63) is 22.7 Å². The van der Waals surface area contributed by atoms with E-state index in [0.717, 1.165) is 0 Å². The number of hydrogen-bond donors (Lipinski definition) is 1. The van der Waals surface area contributed by atoms with Crippen LogP contribution in [0.4, 0.5) is 0 Å². The van der Waals surface area contributed by atoms with E-state index in [2.05, 4.69) is 10.1 Å². The molecule has 2 rings (SSSR count). The van der Waals surface area contributed by atoms with E-state index in [0.29, 0.717) is 17.9 Å². The Morgan fingerprint density at radius 2 is 2.04 bits per heavy atom. The van der Waals surface area contributed by atoms with Gasteiger partial charge in [-0.2, -0.15) is 0 Å². The maximum atomic E-state index is 12.1. The quantitative estimate of drug-likeness (QED) is 0.715. The minimum Gasteiger partial charge on any atom is -0.467 e. The second-order valence-electron chi connectivity index (χ2n) is 5.72. The van der Waals surface area contributed by atoms with Crippen LogP contribution in [0.1, 0.15) is 30.6 Å². The number of ether oxygens (including phenoxy) is 4. The van der Waals surface area contributed by atoms with Crippen LogP contribution in [0.15, 0.2) is 12.1 Å². The van der Waals surface area contributed by atoms with Crippen LogP contribution in [-0.2, 0) is 19.1 Å². The van der Waals surface area contributed by atoms with E-state index >= 15 is 0 Å². The summed E-state index contributed by atoms with van der Waals surface area (Å²) in [6.45, 7) is 3.16. The Morgan fingerprint density at radius 3 is 2.69 bits per heavy atom. The molecule has 0 aromatic heterocycles. The lowest BCUT2D eigenvalue weighted by Crippen LogP contribution is -2.47. The second-order valence-corrected chi connectivity index (χ2v) is 6.13. The molecule has 0 saturated carbocycles. The molecule has 1 N–H and O–H groups in total.